The van der Waals surface area contributed by atoms with E-state index in [1.54, 1.807) is 12.1 Å². The number of nitrogens with one attached hydrogen (secondary N) is 2. The van der Waals surface area contributed by atoms with E-state index in [0.717, 1.165) is 25.1 Å². The molecule has 1 atom stereocenters. The molecule has 1 aliphatic heterocycles. The maximum Gasteiger partial charge on any atom is 0.251 e. The monoisotopic (exact) mass is 366 g/mol. The van der Waals surface area contributed by atoms with Gasteiger partial charge in [-0.2, -0.15) is 0 Å². The third-order valence-electron chi connectivity index (χ3n) is 3.79. The van der Waals surface area contributed by atoms with Gasteiger partial charge in [0.2, 0.25) is 0 Å². The Labute approximate surface area is 153 Å². The van der Waals surface area contributed by atoms with Gasteiger partial charge >= 0.3 is 0 Å². The Morgan fingerprint density at radius 1 is 1.25 bits per heavy atom. The van der Waals surface area contributed by atoms with Crippen molar-refractivity contribution in [3.8, 4) is 5.75 Å². The van der Waals surface area contributed by atoms with Gasteiger partial charge in [0.25, 0.3) is 5.91 Å². The fraction of sp³-hybridized carbons (Fsp3) is 0.278. The molecule has 128 valence electrons. The fourth-order valence-corrected chi connectivity index (χ4v) is 2.78. The van der Waals surface area contributed by atoms with E-state index in [1.807, 2.05) is 36.4 Å². The molecule has 3 rings (SSSR count). The van der Waals surface area contributed by atoms with Gasteiger partial charge in [-0.1, -0.05) is 29.8 Å². The summed E-state index contributed by atoms with van der Waals surface area (Å²) in [4.78, 5) is 12.3. The van der Waals surface area contributed by atoms with Gasteiger partial charge in [-0.15, -0.1) is 12.4 Å². The Hall–Kier alpha value is -1.75. The minimum atomic E-state index is -0.0631. The van der Waals surface area contributed by atoms with E-state index in [0.29, 0.717) is 22.9 Å². The molecular weight excluding hydrogens is 347 g/mol. The van der Waals surface area contributed by atoms with Crippen molar-refractivity contribution in [3.63, 3.8) is 0 Å². The lowest BCUT2D eigenvalue weighted by molar-refractivity contribution is 0.0939. The van der Waals surface area contributed by atoms with E-state index in [1.165, 1.54) is 0 Å². The molecule has 24 heavy (non-hydrogen) atoms. The Morgan fingerprint density at radius 3 is 2.83 bits per heavy atom. The van der Waals surface area contributed by atoms with Crippen molar-refractivity contribution in [3.05, 3.63) is 64.7 Å². The summed E-state index contributed by atoms with van der Waals surface area (Å²) >= 11 is 5.96. The molecule has 1 aliphatic rings. The minimum absolute atomic E-state index is 0. The number of halogens is 2. The van der Waals surface area contributed by atoms with Crippen molar-refractivity contribution in [2.45, 2.75) is 19.1 Å². The summed E-state index contributed by atoms with van der Waals surface area (Å²) < 4.78 is 5.76. The lowest BCUT2D eigenvalue weighted by Crippen LogP contribution is -2.36. The Kier molecular flexibility index (Phi) is 6.91. The fourth-order valence-electron chi connectivity index (χ4n) is 2.57. The largest absolute Gasteiger partial charge is 0.489 e. The number of hydrogen-bond donors (Lipinski definition) is 2. The third kappa shape index (κ3) is 5.13. The highest BCUT2D eigenvalue weighted by molar-refractivity contribution is 6.30. The van der Waals surface area contributed by atoms with Crippen LogP contribution in [0.4, 0.5) is 0 Å². The molecule has 0 radical (unpaired) electrons. The van der Waals surface area contributed by atoms with E-state index >= 15 is 0 Å². The van der Waals surface area contributed by atoms with Crippen LogP contribution in [0.15, 0.2) is 48.5 Å². The summed E-state index contributed by atoms with van der Waals surface area (Å²) in [5.41, 5.74) is 1.60. The molecule has 1 unspecified atom stereocenters. The molecule has 1 amide bonds. The highest BCUT2D eigenvalue weighted by Crippen LogP contribution is 2.17. The van der Waals surface area contributed by atoms with E-state index in [2.05, 4.69) is 10.6 Å². The van der Waals surface area contributed by atoms with Crippen molar-refractivity contribution >= 4 is 29.9 Å². The number of amides is 1. The average Bonchev–Trinajstić information content (AvgIpc) is 3.06. The molecular formula is C18H20Cl2N2O2. The van der Waals surface area contributed by atoms with Crippen molar-refractivity contribution in [2.75, 3.05) is 13.1 Å². The van der Waals surface area contributed by atoms with E-state index < -0.39 is 0 Å². The van der Waals surface area contributed by atoms with Gasteiger partial charge in [0.05, 0.1) is 0 Å². The molecule has 2 N–H and O–H groups in total. The van der Waals surface area contributed by atoms with Crippen LogP contribution in [0.1, 0.15) is 22.3 Å². The molecule has 1 heterocycles. The summed E-state index contributed by atoms with van der Waals surface area (Å²) in [5.74, 6) is 0.606. The molecule has 1 saturated heterocycles. The number of benzene rings is 2. The summed E-state index contributed by atoms with van der Waals surface area (Å²) in [6, 6.07) is 15.0. The highest BCUT2D eigenvalue weighted by Gasteiger charge is 2.17. The van der Waals surface area contributed by atoms with E-state index in [-0.39, 0.29) is 24.4 Å². The summed E-state index contributed by atoms with van der Waals surface area (Å²) in [6.45, 7) is 2.20. The van der Waals surface area contributed by atoms with Gasteiger partial charge < -0.3 is 15.4 Å². The quantitative estimate of drug-likeness (QED) is 0.851. The zero-order valence-electron chi connectivity index (χ0n) is 13.1. The number of hydrogen-bond acceptors (Lipinski definition) is 3. The zero-order valence-corrected chi connectivity index (χ0v) is 14.7. The molecule has 6 heteroatoms. The summed E-state index contributed by atoms with van der Waals surface area (Å²) in [7, 11) is 0. The standard InChI is InChI=1S/C18H19ClN2O2.ClH/c19-15-5-1-3-13(9-15)12-23-17-6-2-4-14(10-17)18(22)21-16-7-8-20-11-16;/h1-6,9-10,16,20H,7-8,11-12H2,(H,21,22);1H. The second kappa shape index (κ2) is 8.92. The van der Waals surface area contributed by atoms with Crippen LogP contribution in [0.3, 0.4) is 0 Å². The van der Waals surface area contributed by atoms with Crippen LogP contribution in [0.2, 0.25) is 5.02 Å². The molecule has 4 nitrogen and oxygen atoms in total. The molecule has 0 saturated carbocycles. The van der Waals surface area contributed by atoms with Gasteiger partial charge in [0.1, 0.15) is 12.4 Å². The summed E-state index contributed by atoms with van der Waals surface area (Å²) in [6.07, 6.45) is 0.969. The first-order valence-electron chi connectivity index (χ1n) is 7.69. The van der Waals surface area contributed by atoms with Crippen LogP contribution in [0.5, 0.6) is 5.75 Å². The normalized spacial score (nSPS) is 16.3. The van der Waals surface area contributed by atoms with Gasteiger partial charge in [0.15, 0.2) is 0 Å². The molecule has 0 aromatic heterocycles. The van der Waals surface area contributed by atoms with Gasteiger partial charge in [-0.05, 0) is 48.9 Å². The summed E-state index contributed by atoms with van der Waals surface area (Å²) in [5, 5.41) is 6.95. The Balaban J connectivity index is 0.00000208. The SMILES string of the molecule is Cl.O=C(NC1CCNC1)c1cccc(OCc2cccc(Cl)c2)c1. The van der Waals surface area contributed by atoms with Crippen LogP contribution in [-0.4, -0.2) is 25.0 Å². The first-order chi connectivity index (χ1) is 11.2. The topological polar surface area (TPSA) is 50.4 Å². The van der Waals surface area contributed by atoms with Crippen molar-refractivity contribution in [1.29, 1.82) is 0 Å². The number of carbonyl (C=O) groups is 1. The molecule has 1 fully saturated rings. The maximum absolute atomic E-state index is 12.3. The highest BCUT2D eigenvalue weighted by atomic mass is 35.5. The van der Waals surface area contributed by atoms with E-state index in [9.17, 15) is 4.79 Å². The predicted octanol–water partition coefficient (Wildman–Crippen LogP) is 3.43. The third-order valence-corrected chi connectivity index (χ3v) is 4.02. The Morgan fingerprint density at radius 2 is 2.08 bits per heavy atom. The van der Waals surface area contributed by atoms with Crippen LogP contribution in [0.25, 0.3) is 0 Å². The van der Waals surface area contributed by atoms with Crippen molar-refractivity contribution < 1.29 is 9.53 Å². The van der Waals surface area contributed by atoms with Crippen molar-refractivity contribution in [2.24, 2.45) is 0 Å². The van der Waals surface area contributed by atoms with Crippen LogP contribution in [-0.2, 0) is 6.61 Å². The Bertz CT molecular complexity index is 688. The van der Waals surface area contributed by atoms with Crippen LogP contribution in [0, 0.1) is 0 Å². The first-order valence-corrected chi connectivity index (χ1v) is 8.07. The number of rotatable bonds is 5. The number of ether oxygens (including phenoxy) is 1. The van der Waals surface area contributed by atoms with Gasteiger partial charge in [-0.3, -0.25) is 4.79 Å². The average molecular weight is 367 g/mol. The molecule has 2 aromatic carbocycles. The lowest BCUT2D eigenvalue weighted by atomic mass is 10.1. The molecule has 0 bridgehead atoms. The second-order valence-electron chi connectivity index (χ2n) is 5.61. The van der Waals surface area contributed by atoms with Crippen LogP contribution < -0.4 is 15.4 Å². The molecule has 0 aliphatic carbocycles. The minimum Gasteiger partial charge on any atom is -0.489 e. The first kappa shape index (κ1) is 18.6. The zero-order chi connectivity index (χ0) is 16.1. The van der Waals surface area contributed by atoms with E-state index in [4.69, 9.17) is 16.3 Å². The van der Waals surface area contributed by atoms with Crippen LogP contribution >= 0.6 is 24.0 Å². The predicted molar refractivity (Wildman–Crippen MR) is 98.2 cm³/mol. The maximum atomic E-state index is 12.3. The molecule has 0 spiro atoms. The smallest absolute Gasteiger partial charge is 0.251 e. The molecule has 2 aromatic rings. The van der Waals surface area contributed by atoms with Crippen molar-refractivity contribution in [1.82, 2.24) is 10.6 Å². The second-order valence-corrected chi connectivity index (χ2v) is 6.05. The van der Waals surface area contributed by atoms with Gasteiger partial charge in [-0.25, -0.2) is 0 Å². The number of carbonyl (C=O) groups excluding carboxylic acids is 1. The lowest BCUT2D eigenvalue weighted by Gasteiger charge is -2.12. The van der Waals surface area contributed by atoms with Gasteiger partial charge in [0, 0.05) is 23.2 Å².